The highest BCUT2D eigenvalue weighted by Gasteiger charge is 2.30. The lowest BCUT2D eigenvalue weighted by molar-refractivity contribution is -0.129. The molecule has 4 heteroatoms. The van der Waals surface area contributed by atoms with Gasteiger partial charge in [-0.15, -0.1) is 11.8 Å². The van der Waals surface area contributed by atoms with Crippen molar-refractivity contribution in [2.24, 2.45) is 10.8 Å². The monoisotopic (exact) mass is 335 g/mol. The van der Waals surface area contributed by atoms with Crippen molar-refractivity contribution in [2.75, 3.05) is 12.8 Å². The fourth-order valence-electron chi connectivity index (χ4n) is 2.15. The van der Waals surface area contributed by atoms with E-state index in [0.717, 1.165) is 11.3 Å². The molecule has 0 aliphatic carbocycles. The van der Waals surface area contributed by atoms with Gasteiger partial charge in [0.05, 0.1) is 5.41 Å². The molecular formula is C19H29NO2S. The Morgan fingerprint density at radius 1 is 1.04 bits per heavy atom. The first-order valence-corrected chi connectivity index (χ1v) is 9.23. The van der Waals surface area contributed by atoms with Crippen LogP contribution in [-0.4, -0.2) is 24.5 Å². The highest BCUT2D eigenvalue weighted by atomic mass is 32.2. The zero-order chi connectivity index (χ0) is 17.7. The highest BCUT2D eigenvalue weighted by Crippen LogP contribution is 2.25. The molecule has 1 N–H and O–H groups in total. The second-order valence-electron chi connectivity index (χ2n) is 7.78. The van der Waals surface area contributed by atoms with Gasteiger partial charge in [-0.25, -0.2) is 0 Å². The molecule has 0 saturated carbocycles. The van der Waals surface area contributed by atoms with Crippen LogP contribution < -0.4 is 5.32 Å². The molecule has 0 aliphatic heterocycles. The summed E-state index contributed by atoms with van der Waals surface area (Å²) in [6, 6.07) is 7.55. The van der Waals surface area contributed by atoms with Crippen LogP contribution in [0.2, 0.25) is 0 Å². The summed E-state index contributed by atoms with van der Waals surface area (Å²) in [5, 5.41) is 2.96. The largest absolute Gasteiger partial charge is 0.356 e. The number of hydrogen-bond acceptors (Lipinski definition) is 3. The Bertz CT molecular complexity index is 541. The van der Waals surface area contributed by atoms with Crippen LogP contribution >= 0.6 is 11.8 Å². The molecule has 0 heterocycles. The van der Waals surface area contributed by atoms with Crippen LogP contribution in [-0.2, 0) is 4.79 Å². The first-order chi connectivity index (χ1) is 10.5. The smallest absolute Gasteiger partial charge is 0.226 e. The molecule has 1 aromatic rings. The SMILES string of the molecule is CSc1ccc(C(=O)CC(C)(C)C(=O)NCCC(C)(C)C)cc1. The molecule has 0 unspecified atom stereocenters. The van der Waals surface area contributed by atoms with Crippen LogP contribution in [0.3, 0.4) is 0 Å². The molecule has 1 amide bonds. The number of carbonyl (C=O) groups excluding carboxylic acids is 2. The van der Waals surface area contributed by atoms with E-state index in [9.17, 15) is 9.59 Å². The van der Waals surface area contributed by atoms with Gasteiger partial charge in [-0.2, -0.15) is 0 Å². The van der Waals surface area contributed by atoms with E-state index >= 15 is 0 Å². The molecule has 0 aromatic heterocycles. The number of thioether (sulfide) groups is 1. The molecule has 0 spiro atoms. The third-order valence-corrected chi connectivity index (χ3v) is 4.53. The lowest BCUT2D eigenvalue weighted by Gasteiger charge is -2.24. The van der Waals surface area contributed by atoms with E-state index in [1.54, 1.807) is 11.8 Å². The standard InChI is InChI=1S/C19H29NO2S/c1-18(2,3)11-12-20-17(22)19(4,5)13-16(21)14-7-9-15(23-6)10-8-14/h7-10H,11-13H2,1-6H3,(H,20,22). The molecule has 23 heavy (non-hydrogen) atoms. The second-order valence-corrected chi connectivity index (χ2v) is 8.66. The summed E-state index contributed by atoms with van der Waals surface area (Å²) in [6.45, 7) is 10.7. The lowest BCUT2D eigenvalue weighted by atomic mass is 9.84. The average Bonchev–Trinajstić information content (AvgIpc) is 2.45. The molecule has 1 rings (SSSR count). The van der Waals surface area contributed by atoms with Crippen LogP contribution in [0.25, 0.3) is 0 Å². The van der Waals surface area contributed by atoms with Gasteiger partial charge in [-0.05, 0) is 30.2 Å². The maximum atomic E-state index is 12.4. The number of hydrogen-bond donors (Lipinski definition) is 1. The van der Waals surface area contributed by atoms with Crippen molar-refractivity contribution in [3.63, 3.8) is 0 Å². The molecule has 128 valence electrons. The van der Waals surface area contributed by atoms with E-state index in [-0.39, 0.29) is 23.5 Å². The van der Waals surface area contributed by atoms with Crippen molar-refractivity contribution in [3.8, 4) is 0 Å². The maximum absolute atomic E-state index is 12.4. The van der Waals surface area contributed by atoms with Crippen molar-refractivity contribution in [3.05, 3.63) is 29.8 Å². The molecule has 3 nitrogen and oxygen atoms in total. The third-order valence-electron chi connectivity index (χ3n) is 3.79. The Morgan fingerprint density at radius 2 is 1.61 bits per heavy atom. The first kappa shape index (κ1) is 19.8. The second kappa shape index (κ2) is 8.00. The minimum atomic E-state index is -0.701. The number of rotatable bonds is 7. The fraction of sp³-hybridized carbons (Fsp3) is 0.579. The van der Waals surface area contributed by atoms with Crippen LogP contribution in [0.4, 0.5) is 0 Å². The molecule has 0 atom stereocenters. The third kappa shape index (κ3) is 6.78. The van der Waals surface area contributed by atoms with Gasteiger partial charge in [0, 0.05) is 23.4 Å². The van der Waals surface area contributed by atoms with E-state index in [2.05, 4.69) is 26.1 Å². The Labute approximate surface area is 144 Å². The van der Waals surface area contributed by atoms with Crippen molar-refractivity contribution >= 4 is 23.5 Å². The van der Waals surface area contributed by atoms with Gasteiger partial charge in [0.15, 0.2) is 5.78 Å². The summed E-state index contributed by atoms with van der Waals surface area (Å²) in [5.74, 6) is -0.0514. The number of carbonyl (C=O) groups is 2. The normalized spacial score (nSPS) is 12.1. The van der Waals surface area contributed by atoms with Gasteiger partial charge in [0.25, 0.3) is 0 Å². The molecule has 0 aliphatic rings. The molecule has 0 saturated heterocycles. The summed E-state index contributed by atoms with van der Waals surface area (Å²) >= 11 is 1.64. The van der Waals surface area contributed by atoms with Gasteiger partial charge in [0.2, 0.25) is 5.91 Å². The molecular weight excluding hydrogens is 306 g/mol. The quantitative estimate of drug-likeness (QED) is 0.587. The van der Waals surface area contributed by atoms with Crippen LogP contribution in [0, 0.1) is 10.8 Å². The van der Waals surface area contributed by atoms with E-state index < -0.39 is 5.41 Å². The average molecular weight is 336 g/mol. The van der Waals surface area contributed by atoms with E-state index in [1.165, 1.54) is 0 Å². The van der Waals surface area contributed by atoms with Gasteiger partial charge in [-0.3, -0.25) is 9.59 Å². The topological polar surface area (TPSA) is 46.2 Å². The van der Waals surface area contributed by atoms with Crippen LogP contribution in [0.5, 0.6) is 0 Å². The molecule has 1 aromatic carbocycles. The van der Waals surface area contributed by atoms with Crippen LogP contribution in [0.15, 0.2) is 29.2 Å². The number of nitrogens with one attached hydrogen (secondary N) is 1. The van der Waals surface area contributed by atoms with Crippen molar-refractivity contribution in [2.45, 2.75) is 52.4 Å². The van der Waals surface area contributed by atoms with Gasteiger partial charge in [0.1, 0.15) is 0 Å². The Kier molecular flexibility index (Phi) is 6.87. The summed E-state index contributed by atoms with van der Waals surface area (Å²) < 4.78 is 0. The Hall–Kier alpha value is -1.29. The van der Waals surface area contributed by atoms with E-state index in [4.69, 9.17) is 0 Å². The zero-order valence-corrected chi connectivity index (χ0v) is 16.0. The number of amides is 1. The van der Waals surface area contributed by atoms with Gasteiger partial charge in [-0.1, -0.05) is 46.8 Å². The summed E-state index contributed by atoms with van der Waals surface area (Å²) in [5.41, 5.74) is 0.151. The zero-order valence-electron chi connectivity index (χ0n) is 15.2. The predicted molar refractivity (Wildman–Crippen MR) is 98.0 cm³/mol. The van der Waals surface area contributed by atoms with Gasteiger partial charge >= 0.3 is 0 Å². The fourth-order valence-corrected chi connectivity index (χ4v) is 2.56. The lowest BCUT2D eigenvalue weighted by Crippen LogP contribution is -2.39. The van der Waals surface area contributed by atoms with E-state index in [0.29, 0.717) is 12.1 Å². The highest BCUT2D eigenvalue weighted by molar-refractivity contribution is 7.98. The number of Topliss-reactive ketones (excluding diaryl/α,β-unsaturated/α-hetero) is 1. The first-order valence-electron chi connectivity index (χ1n) is 8.01. The predicted octanol–water partition coefficient (Wildman–Crippen LogP) is 4.56. The Morgan fingerprint density at radius 3 is 2.09 bits per heavy atom. The molecule has 0 bridgehead atoms. The van der Waals surface area contributed by atoms with Crippen molar-refractivity contribution < 1.29 is 9.59 Å². The van der Waals surface area contributed by atoms with Crippen molar-refractivity contribution in [1.29, 1.82) is 0 Å². The minimum absolute atomic E-state index is 0.00799. The van der Waals surface area contributed by atoms with Crippen molar-refractivity contribution in [1.82, 2.24) is 5.32 Å². The summed E-state index contributed by atoms with van der Waals surface area (Å²) in [4.78, 5) is 25.9. The maximum Gasteiger partial charge on any atom is 0.226 e. The number of benzene rings is 1. The molecule has 0 fully saturated rings. The van der Waals surface area contributed by atoms with Crippen LogP contribution in [0.1, 0.15) is 57.8 Å². The summed E-state index contributed by atoms with van der Waals surface area (Å²) in [7, 11) is 0. The number of ketones is 1. The molecule has 0 radical (unpaired) electrons. The van der Waals surface area contributed by atoms with E-state index in [1.807, 2.05) is 44.4 Å². The van der Waals surface area contributed by atoms with Gasteiger partial charge < -0.3 is 5.32 Å². The minimum Gasteiger partial charge on any atom is -0.356 e. The Balaban J connectivity index is 2.61. The summed E-state index contributed by atoms with van der Waals surface area (Å²) in [6.07, 6.45) is 3.13.